The number of rotatable bonds is 7. The van der Waals surface area contributed by atoms with Crippen LogP contribution in [-0.4, -0.2) is 32.7 Å². The molecule has 0 radical (unpaired) electrons. The van der Waals surface area contributed by atoms with E-state index in [1.807, 2.05) is 19.9 Å². The van der Waals surface area contributed by atoms with Gasteiger partial charge in [0.15, 0.2) is 11.5 Å². The SMILES string of the molecule is CCOc1c(Cl)cc(CNC(=O)C(C)C2CNC2)cc1OC.Cl. The number of nitrogens with one attached hydrogen (secondary N) is 2. The van der Waals surface area contributed by atoms with Crippen molar-refractivity contribution in [2.45, 2.75) is 20.4 Å². The summed E-state index contributed by atoms with van der Waals surface area (Å²) in [4.78, 5) is 12.1. The Balaban J connectivity index is 0.00000264. The Bertz CT molecular complexity index is 536. The predicted molar refractivity (Wildman–Crippen MR) is 93.8 cm³/mol. The van der Waals surface area contributed by atoms with Crippen LogP contribution in [0.1, 0.15) is 19.4 Å². The molecule has 1 unspecified atom stereocenters. The summed E-state index contributed by atoms with van der Waals surface area (Å²) in [5.41, 5.74) is 0.887. The molecule has 1 heterocycles. The highest BCUT2D eigenvalue weighted by molar-refractivity contribution is 6.32. The minimum atomic E-state index is 0. The molecule has 0 bridgehead atoms. The zero-order chi connectivity index (χ0) is 16.1. The van der Waals surface area contributed by atoms with Gasteiger partial charge in [-0.25, -0.2) is 0 Å². The van der Waals surface area contributed by atoms with Gasteiger partial charge in [-0.05, 0) is 43.6 Å². The first-order valence-electron chi connectivity index (χ1n) is 7.54. The van der Waals surface area contributed by atoms with Crippen LogP contribution in [-0.2, 0) is 11.3 Å². The number of carbonyl (C=O) groups excluding carboxylic acids is 1. The van der Waals surface area contributed by atoms with Crippen LogP contribution in [0, 0.1) is 11.8 Å². The maximum Gasteiger partial charge on any atom is 0.223 e. The maximum atomic E-state index is 12.1. The lowest BCUT2D eigenvalue weighted by molar-refractivity contribution is -0.126. The molecule has 0 spiro atoms. The molecule has 1 aromatic rings. The third-order valence-electron chi connectivity index (χ3n) is 3.98. The number of benzene rings is 1. The normalized spacial score (nSPS) is 15.1. The molecule has 5 nitrogen and oxygen atoms in total. The van der Waals surface area contributed by atoms with Crippen molar-refractivity contribution in [1.82, 2.24) is 10.6 Å². The van der Waals surface area contributed by atoms with Gasteiger partial charge in [0.1, 0.15) is 0 Å². The van der Waals surface area contributed by atoms with Crippen LogP contribution in [0.15, 0.2) is 12.1 Å². The second-order valence-electron chi connectivity index (χ2n) is 5.47. The van der Waals surface area contributed by atoms with Crippen molar-refractivity contribution < 1.29 is 14.3 Å². The molecule has 130 valence electrons. The Morgan fingerprint density at radius 3 is 2.70 bits per heavy atom. The molecule has 1 aliphatic rings. The van der Waals surface area contributed by atoms with Crippen molar-refractivity contribution in [3.63, 3.8) is 0 Å². The molecule has 1 saturated heterocycles. The topological polar surface area (TPSA) is 59.6 Å². The summed E-state index contributed by atoms with van der Waals surface area (Å²) in [5.74, 6) is 1.63. The van der Waals surface area contributed by atoms with Gasteiger partial charge in [0.05, 0.1) is 18.7 Å². The van der Waals surface area contributed by atoms with Gasteiger partial charge in [-0.3, -0.25) is 4.79 Å². The molecule has 0 aromatic heterocycles. The number of methoxy groups -OCH3 is 1. The van der Waals surface area contributed by atoms with Gasteiger partial charge in [0.2, 0.25) is 5.91 Å². The molecule has 1 fully saturated rings. The number of hydrogen-bond acceptors (Lipinski definition) is 4. The van der Waals surface area contributed by atoms with E-state index < -0.39 is 0 Å². The monoisotopic (exact) mass is 362 g/mol. The van der Waals surface area contributed by atoms with Crippen LogP contribution in [0.2, 0.25) is 5.02 Å². The van der Waals surface area contributed by atoms with Crippen LogP contribution in [0.5, 0.6) is 11.5 Å². The second kappa shape index (κ2) is 9.21. The van der Waals surface area contributed by atoms with Gasteiger partial charge in [0, 0.05) is 12.5 Å². The van der Waals surface area contributed by atoms with E-state index in [0.717, 1.165) is 18.7 Å². The van der Waals surface area contributed by atoms with Crippen LogP contribution in [0.4, 0.5) is 0 Å². The van der Waals surface area contributed by atoms with Gasteiger partial charge in [-0.1, -0.05) is 18.5 Å². The van der Waals surface area contributed by atoms with E-state index in [1.165, 1.54) is 0 Å². The molecule has 2 N–H and O–H groups in total. The molecular weight excluding hydrogens is 339 g/mol. The zero-order valence-electron chi connectivity index (χ0n) is 13.6. The summed E-state index contributed by atoms with van der Waals surface area (Å²) in [5, 5.41) is 6.63. The average molecular weight is 363 g/mol. The number of hydrogen-bond donors (Lipinski definition) is 2. The molecule has 23 heavy (non-hydrogen) atoms. The first-order valence-corrected chi connectivity index (χ1v) is 7.92. The van der Waals surface area contributed by atoms with E-state index in [2.05, 4.69) is 10.6 Å². The van der Waals surface area contributed by atoms with Crippen LogP contribution in [0.25, 0.3) is 0 Å². The standard InChI is InChI=1S/C16H23ClN2O3.ClH/c1-4-22-15-13(17)5-11(6-14(15)21-3)7-19-16(20)10(2)12-8-18-9-12;/h5-6,10,12,18H,4,7-9H2,1-3H3,(H,19,20);1H. The highest BCUT2D eigenvalue weighted by atomic mass is 35.5. The summed E-state index contributed by atoms with van der Waals surface area (Å²) in [6.45, 7) is 6.62. The average Bonchev–Trinajstić information content (AvgIpc) is 2.45. The lowest BCUT2D eigenvalue weighted by atomic mass is 9.88. The van der Waals surface area contributed by atoms with E-state index >= 15 is 0 Å². The fraction of sp³-hybridized carbons (Fsp3) is 0.562. The van der Waals surface area contributed by atoms with Crippen LogP contribution >= 0.6 is 24.0 Å². The van der Waals surface area contributed by atoms with Gasteiger partial charge in [-0.2, -0.15) is 0 Å². The smallest absolute Gasteiger partial charge is 0.223 e. The summed E-state index contributed by atoms with van der Waals surface area (Å²) in [6, 6.07) is 3.64. The third kappa shape index (κ3) is 4.90. The molecular formula is C16H24Cl2N2O3. The van der Waals surface area contributed by atoms with Crippen molar-refractivity contribution in [2.24, 2.45) is 11.8 Å². The van der Waals surface area contributed by atoms with Crippen molar-refractivity contribution in [1.29, 1.82) is 0 Å². The summed E-state index contributed by atoms with van der Waals surface area (Å²) in [7, 11) is 1.57. The van der Waals surface area contributed by atoms with E-state index in [4.69, 9.17) is 21.1 Å². The molecule has 0 saturated carbocycles. The Morgan fingerprint density at radius 1 is 1.48 bits per heavy atom. The lowest BCUT2D eigenvalue weighted by Gasteiger charge is -2.31. The minimum Gasteiger partial charge on any atom is -0.493 e. The molecule has 1 atom stereocenters. The fourth-order valence-corrected chi connectivity index (χ4v) is 2.68. The molecule has 0 aliphatic carbocycles. The van der Waals surface area contributed by atoms with Crippen LogP contribution in [0.3, 0.4) is 0 Å². The Labute approximate surface area is 148 Å². The Morgan fingerprint density at radius 2 is 2.17 bits per heavy atom. The summed E-state index contributed by atoms with van der Waals surface area (Å²) >= 11 is 6.23. The van der Waals surface area contributed by atoms with Gasteiger partial charge >= 0.3 is 0 Å². The van der Waals surface area contributed by atoms with Gasteiger partial charge < -0.3 is 20.1 Å². The van der Waals surface area contributed by atoms with Crippen molar-refractivity contribution >= 4 is 29.9 Å². The largest absolute Gasteiger partial charge is 0.493 e. The molecule has 1 aliphatic heterocycles. The maximum absolute atomic E-state index is 12.1. The van der Waals surface area contributed by atoms with Gasteiger partial charge in [0.25, 0.3) is 0 Å². The molecule has 7 heteroatoms. The minimum absolute atomic E-state index is 0. The number of ether oxygens (including phenoxy) is 2. The van der Waals surface area contributed by atoms with Gasteiger partial charge in [-0.15, -0.1) is 12.4 Å². The predicted octanol–water partition coefficient (Wildman–Crippen LogP) is 2.64. The highest BCUT2D eigenvalue weighted by Gasteiger charge is 2.28. The second-order valence-corrected chi connectivity index (χ2v) is 5.87. The Kier molecular flexibility index (Phi) is 7.95. The van der Waals surface area contributed by atoms with Crippen molar-refractivity contribution in [3.05, 3.63) is 22.7 Å². The fourth-order valence-electron chi connectivity index (χ4n) is 2.39. The summed E-state index contributed by atoms with van der Waals surface area (Å²) < 4.78 is 10.8. The number of carbonyl (C=O) groups is 1. The van der Waals surface area contributed by atoms with Crippen LogP contribution < -0.4 is 20.1 Å². The molecule has 2 rings (SSSR count). The van der Waals surface area contributed by atoms with Crippen molar-refractivity contribution in [3.8, 4) is 11.5 Å². The molecule has 1 aromatic carbocycles. The first-order chi connectivity index (χ1) is 10.6. The zero-order valence-corrected chi connectivity index (χ0v) is 15.2. The summed E-state index contributed by atoms with van der Waals surface area (Å²) in [6.07, 6.45) is 0. The van der Waals surface area contributed by atoms with E-state index in [-0.39, 0.29) is 24.2 Å². The van der Waals surface area contributed by atoms with Crippen molar-refractivity contribution in [2.75, 3.05) is 26.8 Å². The quantitative estimate of drug-likeness (QED) is 0.782. The Hall–Kier alpha value is -1.17. The lowest BCUT2D eigenvalue weighted by Crippen LogP contribution is -2.49. The number of amides is 1. The van der Waals surface area contributed by atoms with E-state index in [9.17, 15) is 4.79 Å². The molecule has 1 amide bonds. The first kappa shape index (κ1) is 19.9. The highest BCUT2D eigenvalue weighted by Crippen LogP contribution is 2.36. The van der Waals surface area contributed by atoms with E-state index in [0.29, 0.717) is 35.6 Å². The third-order valence-corrected chi connectivity index (χ3v) is 4.26. The number of halogens is 2. The van der Waals surface area contributed by atoms with E-state index in [1.54, 1.807) is 13.2 Å².